The lowest BCUT2D eigenvalue weighted by atomic mass is 10.0. The molecule has 0 radical (unpaired) electrons. The third kappa shape index (κ3) is 4.80. The van der Waals surface area contributed by atoms with Crippen LogP contribution in [0.15, 0.2) is 55.1 Å². The molecule has 2 aromatic rings. The molecule has 1 heterocycles. The van der Waals surface area contributed by atoms with E-state index in [2.05, 4.69) is 6.58 Å². The van der Waals surface area contributed by atoms with E-state index in [0.29, 0.717) is 5.57 Å². The summed E-state index contributed by atoms with van der Waals surface area (Å²) in [7, 11) is 1.00. The standard InChI is InChI=1S/C20H17F2NO3.CH4O/c1-13(16-9-8-15(21)11-17(16)22)7-10-19(24)23-18(12-26-20(23)25)14-5-3-2-4-6-14;1-2/h2-6,8-9,11,18H,1,7,10,12H2;2H,1H3. The summed E-state index contributed by atoms with van der Waals surface area (Å²) >= 11 is 0. The molecule has 0 spiro atoms. The lowest BCUT2D eigenvalue weighted by Crippen LogP contribution is -2.34. The van der Waals surface area contributed by atoms with Gasteiger partial charge in [-0.25, -0.2) is 18.5 Å². The molecule has 0 saturated carbocycles. The molecule has 1 fully saturated rings. The number of allylic oxidation sites excluding steroid dienone is 1. The minimum absolute atomic E-state index is 0.0336. The van der Waals surface area contributed by atoms with E-state index in [1.807, 2.05) is 30.3 Å². The van der Waals surface area contributed by atoms with Crippen LogP contribution >= 0.6 is 0 Å². The van der Waals surface area contributed by atoms with E-state index in [0.717, 1.165) is 29.7 Å². The average molecular weight is 389 g/mol. The Bertz CT molecular complexity index is 855. The average Bonchev–Trinajstić information content (AvgIpc) is 3.09. The molecule has 1 atom stereocenters. The van der Waals surface area contributed by atoms with Gasteiger partial charge in [0.25, 0.3) is 0 Å². The van der Waals surface area contributed by atoms with Crippen LogP contribution in [0.1, 0.15) is 30.0 Å². The molecule has 1 unspecified atom stereocenters. The number of ether oxygens (including phenoxy) is 1. The number of rotatable bonds is 5. The SMILES string of the molecule is C=C(CCC(=O)N1C(=O)OCC1c1ccccc1)c1ccc(F)cc1F.CO. The molecule has 0 bridgehead atoms. The number of amides is 2. The first-order valence-electron chi connectivity index (χ1n) is 8.59. The minimum Gasteiger partial charge on any atom is -0.446 e. The van der Waals surface area contributed by atoms with Crippen LogP contribution in [0, 0.1) is 11.6 Å². The number of cyclic esters (lactones) is 1. The van der Waals surface area contributed by atoms with Gasteiger partial charge in [-0.2, -0.15) is 0 Å². The Hall–Kier alpha value is -3.06. The molecule has 3 rings (SSSR count). The van der Waals surface area contributed by atoms with Gasteiger partial charge in [-0.15, -0.1) is 0 Å². The van der Waals surface area contributed by atoms with E-state index >= 15 is 0 Å². The van der Waals surface area contributed by atoms with Crippen LogP contribution in [-0.2, 0) is 9.53 Å². The number of benzene rings is 2. The molecule has 1 N–H and O–H groups in total. The molecule has 7 heteroatoms. The van der Waals surface area contributed by atoms with Crippen molar-refractivity contribution in [1.29, 1.82) is 0 Å². The maximum absolute atomic E-state index is 13.8. The minimum atomic E-state index is -0.731. The molecule has 5 nitrogen and oxygen atoms in total. The number of carbonyl (C=O) groups excluding carboxylic acids is 2. The van der Waals surface area contributed by atoms with Crippen molar-refractivity contribution in [2.24, 2.45) is 0 Å². The summed E-state index contributed by atoms with van der Waals surface area (Å²) in [5.74, 6) is -1.84. The van der Waals surface area contributed by atoms with Crippen molar-refractivity contribution in [3.63, 3.8) is 0 Å². The highest BCUT2D eigenvalue weighted by molar-refractivity contribution is 5.94. The van der Waals surface area contributed by atoms with Gasteiger partial charge in [0.15, 0.2) is 0 Å². The molecule has 0 aromatic heterocycles. The fourth-order valence-corrected chi connectivity index (χ4v) is 2.91. The summed E-state index contributed by atoms with van der Waals surface area (Å²) < 4.78 is 31.8. The summed E-state index contributed by atoms with van der Waals surface area (Å²) in [5, 5.41) is 7.00. The first-order valence-corrected chi connectivity index (χ1v) is 8.59. The molecule has 28 heavy (non-hydrogen) atoms. The highest BCUT2D eigenvalue weighted by Gasteiger charge is 2.38. The van der Waals surface area contributed by atoms with Gasteiger partial charge in [0.1, 0.15) is 24.3 Å². The van der Waals surface area contributed by atoms with Crippen molar-refractivity contribution in [2.75, 3.05) is 13.7 Å². The lowest BCUT2D eigenvalue weighted by molar-refractivity contribution is -0.129. The Morgan fingerprint density at radius 3 is 2.50 bits per heavy atom. The zero-order valence-corrected chi connectivity index (χ0v) is 15.4. The Balaban J connectivity index is 0.00000136. The number of aliphatic hydroxyl groups is 1. The molecule has 2 amide bonds. The zero-order chi connectivity index (χ0) is 20.7. The van der Waals surface area contributed by atoms with Gasteiger partial charge in [-0.1, -0.05) is 36.9 Å². The maximum Gasteiger partial charge on any atom is 0.417 e. The molecular weight excluding hydrogens is 368 g/mol. The predicted molar refractivity (Wildman–Crippen MR) is 100 cm³/mol. The van der Waals surface area contributed by atoms with Gasteiger partial charge in [0.05, 0.1) is 0 Å². The second-order valence-corrected chi connectivity index (χ2v) is 5.99. The van der Waals surface area contributed by atoms with Crippen LogP contribution in [0.2, 0.25) is 0 Å². The van der Waals surface area contributed by atoms with Crippen molar-refractivity contribution < 1.29 is 28.2 Å². The van der Waals surface area contributed by atoms with Crippen LogP contribution in [0.3, 0.4) is 0 Å². The number of carbonyl (C=O) groups is 2. The number of hydrogen-bond acceptors (Lipinski definition) is 4. The van der Waals surface area contributed by atoms with E-state index in [9.17, 15) is 18.4 Å². The first-order chi connectivity index (χ1) is 13.5. The van der Waals surface area contributed by atoms with Crippen molar-refractivity contribution in [3.05, 3.63) is 77.9 Å². The second-order valence-electron chi connectivity index (χ2n) is 5.99. The fraction of sp³-hybridized carbons (Fsp3) is 0.238. The smallest absolute Gasteiger partial charge is 0.417 e. The number of halogens is 2. The van der Waals surface area contributed by atoms with Gasteiger partial charge >= 0.3 is 6.09 Å². The Kier molecular flexibility index (Phi) is 7.40. The predicted octanol–water partition coefficient (Wildman–Crippen LogP) is 4.09. The van der Waals surface area contributed by atoms with Crippen LogP contribution < -0.4 is 0 Å². The highest BCUT2D eigenvalue weighted by atomic mass is 19.1. The fourth-order valence-electron chi connectivity index (χ4n) is 2.91. The zero-order valence-electron chi connectivity index (χ0n) is 15.4. The second kappa shape index (κ2) is 9.75. The van der Waals surface area contributed by atoms with E-state index in [4.69, 9.17) is 9.84 Å². The van der Waals surface area contributed by atoms with Gasteiger partial charge in [-0.05, 0) is 29.7 Å². The van der Waals surface area contributed by atoms with Crippen LogP contribution in [0.5, 0.6) is 0 Å². The largest absolute Gasteiger partial charge is 0.446 e. The Morgan fingerprint density at radius 2 is 1.86 bits per heavy atom. The van der Waals surface area contributed by atoms with Crippen molar-refractivity contribution in [2.45, 2.75) is 18.9 Å². The van der Waals surface area contributed by atoms with E-state index in [-0.39, 0.29) is 25.0 Å². The third-order valence-corrected chi connectivity index (χ3v) is 4.28. The number of nitrogens with zero attached hydrogens (tertiary/aromatic N) is 1. The van der Waals surface area contributed by atoms with Gasteiger partial charge in [0, 0.05) is 25.2 Å². The first kappa shape index (κ1) is 21.2. The molecule has 1 aliphatic heterocycles. The monoisotopic (exact) mass is 389 g/mol. The summed E-state index contributed by atoms with van der Waals surface area (Å²) in [5.41, 5.74) is 1.32. The molecule has 1 aliphatic rings. The molecule has 2 aromatic carbocycles. The number of hydrogen-bond donors (Lipinski definition) is 1. The Morgan fingerprint density at radius 1 is 1.18 bits per heavy atom. The van der Waals surface area contributed by atoms with Crippen molar-refractivity contribution >= 4 is 17.6 Å². The molecule has 0 aliphatic carbocycles. The normalized spacial score (nSPS) is 15.5. The van der Waals surface area contributed by atoms with E-state index < -0.39 is 29.7 Å². The number of imide groups is 1. The third-order valence-electron chi connectivity index (χ3n) is 4.28. The van der Waals surface area contributed by atoms with Crippen molar-refractivity contribution in [3.8, 4) is 0 Å². The topological polar surface area (TPSA) is 66.8 Å². The maximum atomic E-state index is 13.8. The quantitative estimate of drug-likeness (QED) is 0.837. The summed E-state index contributed by atoms with van der Waals surface area (Å²) in [6, 6.07) is 11.8. The highest BCUT2D eigenvalue weighted by Crippen LogP contribution is 2.29. The molecular formula is C21H21F2NO4. The number of aliphatic hydroxyl groups excluding tert-OH is 1. The summed E-state index contributed by atoms with van der Waals surface area (Å²) in [6.07, 6.45) is -0.580. The Labute approximate surface area is 161 Å². The van der Waals surface area contributed by atoms with Crippen LogP contribution in [0.25, 0.3) is 5.57 Å². The molecule has 148 valence electrons. The van der Waals surface area contributed by atoms with Gasteiger partial charge in [0.2, 0.25) is 5.91 Å². The van der Waals surface area contributed by atoms with Crippen LogP contribution in [-0.4, -0.2) is 35.7 Å². The van der Waals surface area contributed by atoms with Crippen molar-refractivity contribution in [1.82, 2.24) is 4.90 Å². The van der Waals surface area contributed by atoms with Gasteiger partial charge in [-0.3, -0.25) is 4.79 Å². The van der Waals surface area contributed by atoms with E-state index in [1.165, 1.54) is 6.07 Å². The summed E-state index contributed by atoms with van der Waals surface area (Å²) in [4.78, 5) is 25.6. The van der Waals surface area contributed by atoms with Crippen LogP contribution in [0.4, 0.5) is 13.6 Å². The lowest BCUT2D eigenvalue weighted by Gasteiger charge is -2.20. The molecule has 1 saturated heterocycles. The van der Waals surface area contributed by atoms with E-state index in [1.54, 1.807) is 0 Å². The summed E-state index contributed by atoms with van der Waals surface area (Å²) in [6.45, 7) is 3.86. The van der Waals surface area contributed by atoms with Gasteiger partial charge < -0.3 is 9.84 Å².